The van der Waals surface area contributed by atoms with Crippen molar-refractivity contribution in [1.29, 1.82) is 0 Å². The van der Waals surface area contributed by atoms with Crippen molar-refractivity contribution in [1.82, 2.24) is 20.0 Å². The van der Waals surface area contributed by atoms with Crippen molar-refractivity contribution in [3.63, 3.8) is 0 Å². The van der Waals surface area contributed by atoms with E-state index in [1.54, 1.807) is 11.3 Å². The van der Waals surface area contributed by atoms with Crippen LogP contribution in [0, 0.1) is 6.92 Å². The summed E-state index contributed by atoms with van der Waals surface area (Å²) in [5.74, 6) is 1.30. The van der Waals surface area contributed by atoms with E-state index < -0.39 is 0 Å². The third-order valence-corrected chi connectivity index (χ3v) is 5.31. The highest BCUT2D eigenvalue weighted by Gasteiger charge is 2.19. The Labute approximate surface area is 151 Å². The van der Waals surface area contributed by atoms with Gasteiger partial charge >= 0.3 is 0 Å². The summed E-state index contributed by atoms with van der Waals surface area (Å²) < 4.78 is 5.85. The van der Waals surface area contributed by atoms with E-state index in [-0.39, 0.29) is 0 Å². The van der Waals surface area contributed by atoms with Crippen molar-refractivity contribution in [2.75, 3.05) is 26.2 Å². The molecule has 1 saturated heterocycles. The van der Waals surface area contributed by atoms with Crippen LogP contribution in [-0.2, 0) is 13.1 Å². The van der Waals surface area contributed by atoms with Gasteiger partial charge in [0.15, 0.2) is 0 Å². The second-order valence-corrected chi connectivity index (χ2v) is 7.33. The molecule has 3 aromatic rings. The smallest absolute Gasteiger partial charge is 0.247 e. The highest BCUT2D eigenvalue weighted by Crippen LogP contribution is 2.19. The van der Waals surface area contributed by atoms with Crippen LogP contribution in [0.4, 0.5) is 0 Å². The van der Waals surface area contributed by atoms with Crippen LogP contribution in [0.1, 0.15) is 17.0 Å². The van der Waals surface area contributed by atoms with Crippen molar-refractivity contribution in [2.24, 2.45) is 0 Å². The number of rotatable bonds is 5. The van der Waals surface area contributed by atoms with E-state index in [0.29, 0.717) is 11.8 Å². The van der Waals surface area contributed by atoms with E-state index in [1.807, 2.05) is 12.1 Å². The third kappa shape index (κ3) is 4.15. The molecule has 0 N–H and O–H groups in total. The molecule has 130 valence electrons. The molecule has 0 radical (unpaired) electrons. The number of hydrogen-bond donors (Lipinski definition) is 0. The molecule has 3 heterocycles. The van der Waals surface area contributed by atoms with E-state index >= 15 is 0 Å². The lowest BCUT2D eigenvalue weighted by Gasteiger charge is -2.33. The van der Waals surface area contributed by atoms with Crippen molar-refractivity contribution in [3.8, 4) is 11.5 Å². The predicted molar refractivity (Wildman–Crippen MR) is 99.3 cm³/mol. The average molecular weight is 354 g/mol. The van der Waals surface area contributed by atoms with Crippen LogP contribution in [0.5, 0.6) is 0 Å². The lowest BCUT2D eigenvalue weighted by molar-refractivity contribution is 0.115. The Kier molecular flexibility index (Phi) is 4.92. The van der Waals surface area contributed by atoms with Crippen LogP contribution >= 0.6 is 11.3 Å². The maximum absolute atomic E-state index is 5.85. The zero-order valence-corrected chi connectivity index (χ0v) is 15.2. The number of aromatic nitrogens is 2. The summed E-state index contributed by atoms with van der Waals surface area (Å²) in [6, 6.07) is 10.4. The zero-order valence-electron chi connectivity index (χ0n) is 14.4. The van der Waals surface area contributed by atoms with Gasteiger partial charge in [0, 0.05) is 38.3 Å². The van der Waals surface area contributed by atoms with Crippen LogP contribution in [0.3, 0.4) is 0 Å². The third-order valence-electron chi connectivity index (χ3n) is 4.58. The van der Waals surface area contributed by atoms with Gasteiger partial charge in [-0.15, -0.1) is 10.2 Å². The van der Waals surface area contributed by atoms with E-state index in [4.69, 9.17) is 4.42 Å². The molecule has 0 bridgehead atoms. The largest absolute Gasteiger partial charge is 0.419 e. The topological polar surface area (TPSA) is 45.4 Å². The Morgan fingerprint density at radius 1 is 0.960 bits per heavy atom. The molecule has 1 aromatic carbocycles. The second kappa shape index (κ2) is 7.47. The minimum atomic E-state index is 0.603. The summed E-state index contributed by atoms with van der Waals surface area (Å²) in [6.07, 6.45) is 0. The van der Waals surface area contributed by atoms with Gasteiger partial charge in [-0.2, -0.15) is 11.3 Å². The molecule has 0 aliphatic carbocycles. The zero-order chi connectivity index (χ0) is 17.1. The molecule has 1 fully saturated rings. The molecular formula is C19H22N4OS. The van der Waals surface area contributed by atoms with Crippen molar-refractivity contribution in [2.45, 2.75) is 20.0 Å². The van der Waals surface area contributed by atoms with Gasteiger partial charge in [-0.25, -0.2) is 0 Å². The average Bonchev–Trinajstić information content (AvgIpc) is 3.29. The molecule has 25 heavy (non-hydrogen) atoms. The summed E-state index contributed by atoms with van der Waals surface area (Å²) in [6.45, 7) is 8.07. The molecule has 1 aliphatic heterocycles. The highest BCUT2D eigenvalue weighted by atomic mass is 32.1. The Balaban J connectivity index is 1.31. The minimum absolute atomic E-state index is 0.603. The van der Waals surface area contributed by atoms with Crippen molar-refractivity contribution >= 4 is 11.3 Å². The van der Waals surface area contributed by atoms with Crippen LogP contribution in [0.2, 0.25) is 0 Å². The molecule has 0 amide bonds. The van der Waals surface area contributed by atoms with Gasteiger partial charge in [-0.1, -0.05) is 17.7 Å². The lowest BCUT2D eigenvalue weighted by Crippen LogP contribution is -2.45. The van der Waals surface area contributed by atoms with Gasteiger partial charge in [-0.3, -0.25) is 9.80 Å². The Morgan fingerprint density at radius 3 is 2.36 bits per heavy atom. The Bertz CT molecular complexity index is 789. The normalized spacial score (nSPS) is 16.4. The molecule has 0 spiro atoms. The van der Waals surface area contributed by atoms with Gasteiger partial charge < -0.3 is 4.42 Å². The molecule has 0 unspecified atom stereocenters. The molecular weight excluding hydrogens is 332 g/mol. The van der Waals surface area contributed by atoms with Gasteiger partial charge in [0.25, 0.3) is 0 Å². The molecule has 0 saturated carbocycles. The van der Waals surface area contributed by atoms with Crippen LogP contribution in [0.25, 0.3) is 11.5 Å². The van der Waals surface area contributed by atoms with Gasteiger partial charge in [0.1, 0.15) is 0 Å². The molecule has 2 aromatic heterocycles. The fourth-order valence-electron chi connectivity index (χ4n) is 3.07. The fraction of sp³-hybridized carbons (Fsp3) is 0.368. The summed E-state index contributed by atoms with van der Waals surface area (Å²) in [5, 5.41) is 12.8. The van der Waals surface area contributed by atoms with E-state index in [2.05, 4.69) is 55.9 Å². The monoisotopic (exact) mass is 354 g/mol. The first-order chi connectivity index (χ1) is 12.3. The SMILES string of the molecule is Cc1ccc(-c2nnc(CN3CCN(Cc4ccsc4)CC3)o2)cc1. The number of nitrogens with zero attached hydrogens (tertiary/aromatic N) is 4. The number of aryl methyl sites for hydroxylation is 1. The van der Waals surface area contributed by atoms with Gasteiger partial charge in [-0.05, 0) is 41.4 Å². The van der Waals surface area contributed by atoms with Crippen molar-refractivity contribution in [3.05, 3.63) is 58.1 Å². The maximum Gasteiger partial charge on any atom is 0.247 e. The first-order valence-corrected chi connectivity index (χ1v) is 9.56. The summed E-state index contributed by atoms with van der Waals surface area (Å²) in [5.41, 5.74) is 3.62. The van der Waals surface area contributed by atoms with Crippen LogP contribution < -0.4 is 0 Å². The van der Waals surface area contributed by atoms with Crippen LogP contribution in [-0.4, -0.2) is 46.2 Å². The van der Waals surface area contributed by atoms with E-state index in [0.717, 1.165) is 44.8 Å². The Morgan fingerprint density at radius 2 is 1.68 bits per heavy atom. The molecule has 6 heteroatoms. The maximum atomic E-state index is 5.85. The summed E-state index contributed by atoms with van der Waals surface area (Å²) in [7, 11) is 0. The highest BCUT2D eigenvalue weighted by molar-refractivity contribution is 7.07. The van der Waals surface area contributed by atoms with Crippen molar-refractivity contribution < 1.29 is 4.42 Å². The van der Waals surface area contributed by atoms with E-state index in [1.165, 1.54) is 11.1 Å². The number of hydrogen-bond acceptors (Lipinski definition) is 6. The number of piperazine rings is 1. The second-order valence-electron chi connectivity index (χ2n) is 6.55. The minimum Gasteiger partial charge on any atom is -0.419 e. The lowest BCUT2D eigenvalue weighted by atomic mass is 10.1. The number of thiophene rings is 1. The van der Waals surface area contributed by atoms with Gasteiger partial charge in [0.05, 0.1) is 6.54 Å². The first kappa shape index (κ1) is 16.4. The van der Waals surface area contributed by atoms with E-state index in [9.17, 15) is 0 Å². The standard InChI is InChI=1S/C19H22N4OS/c1-15-2-4-17(5-3-15)19-21-20-18(24-19)13-23-9-7-22(8-10-23)12-16-6-11-25-14-16/h2-6,11,14H,7-10,12-13H2,1H3. The number of benzene rings is 1. The molecule has 5 nitrogen and oxygen atoms in total. The first-order valence-electron chi connectivity index (χ1n) is 8.61. The molecule has 1 aliphatic rings. The van der Waals surface area contributed by atoms with Gasteiger partial charge in [0.2, 0.25) is 11.8 Å². The predicted octanol–water partition coefficient (Wildman–Crippen LogP) is 3.42. The molecule has 4 rings (SSSR count). The molecule has 0 atom stereocenters. The summed E-state index contributed by atoms with van der Waals surface area (Å²) in [4.78, 5) is 4.89. The summed E-state index contributed by atoms with van der Waals surface area (Å²) >= 11 is 1.77. The fourth-order valence-corrected chi connectivity index (χ4v) is 3.73. The van der Waals surface area contributed by atoms with Crippen LogP contribution in [0.15, 0.2) is 45.5 Å². The Hall–Kier alpha value is -2.02. The quantitative estimate of drug-likeness (QED) is 0.702.